The fraction of sp³-hybridized carbons (Fsp3) is 0.600. The van der Waals surface area contributed by atoms with Crippen LogP contribution in [-0.4, -0.2) is 40.5 Å². The lowest BCUT2D eigenvalue weighted by atomic mass is 9.64. The molecule has 3 aliphatic rings. The number of carbonyl (C=O) groups is 1. The maximum absolute atomic E-state index is 11.4. The van der Waals surface area contributed by atoms with Crippen molar-refractivity contribution in [3.8, 4) is 6.07 Å². The molecule has 4 atom stereocenters. The maximum Gasteiger partial charge on any atom is 0.224 e. The Hall–Kier alpha value is -2.89. The van der Waals surface area contributed by atoms with Crippen molar-refractivity contribution in [3.05, 3.63) is 46.6 Å². The van der Waals surface area contributed by atoms with E-state index in [0.717, 1.165) is 37.8 Å². The Morgan fingerprint density at radius 3 is 2.46 bits per heavy atom. The first-order chi connectivity index (χ1) is 19.0. The highest BCUT2D eigenvalue weighted by atomic mass is 35.5. The van der Waals surface area contributed by atoms with E-state index in [1.54, 1.807) is 13.1 Å². The van der Waals surface area contributed by atoms with Crippen molar-refractivity contribution in [2.75, 3.05) is 17.2 Å². The van der Waals surface area contributed by atoms with Crippen LogP contribution in [0.1, 0.15) is 75.8 Å². The molecule has 5 rings (SSSR count). The molecule has 0 radical (unpaired) electrons. The number of rotatable bonds is 9. The standard InChI is InChI=1S/C30H40ClN7O/c1-19(39)36-25-9-11-26(12-10-25)37-28-21-6-4-7-22(28)14-20(13-21)16-33-29-24(15-32)18-35-30(38-29)34-17-23-5-2-3-8-27(23)31/h2-3,5,8,18,20-22,25-26,28,37H,4,6-7,9-14,16-17H2,1H3,(H,36,39)(H2,33,34,35,38)/t20?,21-,22+,25?,26?,28?. The summed E-state index contributed by atoms with van der Waals surface area (Å²) in [6, 6.07) is 11.4. The summed E-state index contributed by atoms with van der Waals surface area (Å²) in [4.78, 5) is 20.3. The molecule has 3 aliphatic carbocycles. The van der Waals surface area contributed by atoms with Crippen LogP contribution in [0.3, 0.4) is 0 Å². The molecule has 208 valence electrons. The number of hydrogen-bond donors (Lipinski definition) is 4. The monoisotopic (exact) mass is 549 g/mol. The molecule has 1 aromatic carbocycles. The van der Waals surface area contributed by atoms with E-state index >= 15 is 0 Å². The lowest BCUT2D eigenvalue weighted by Crippen LogP contribution is -2.54. The van der Waals surface area contributed by atoms with Gasteiger partial charge in [-0.2, -0.15) is 10.2 Å². The van der Waals surface area contributed by atoms with Gasteiger partial charge < -0.3 is 21.3 Å². The Balaban J connectivity index is 1.14. The van der Waals surface area contributed by atoms with Crippen molar-refractivity contribution in [1.29, 1.82) is 5.26 Å². The minimum Gasteiger partial charge on any atom is -0.369 e. The Bertz CT molecular complexity index is 1160. The van der Waals surface area contributed by atoms with Crippen LogP contribution in [0.15, 0.2) is 30.5 Å². The number of aromatic nitrogens is 2. The van der Waals surface area contributed by atoms with Crippen molar-refractivity contribution in [2.45, 2.75) is 89.4 Å². The van der Waals surface area contributed by atoms with E-state index < -0.39 is 0 Å². The van der Waals surface area contributed by atoms with Gasteiger partial charge in [-0.25, -0.2) is 4.98 Å². The van der Waals surface area contributed by atoms with Crippen LogP contribution < -0.4 is 21.3 Å². The van der Waals surface area contributed by atoms with Gasteiger partial charge in [0.1, 0.15) is 17.5 Å². The summed E-state index contributed by atoms with van der Waals surface area (Å²) in [6.07, 6.45) is 12.3. The molecule has 9 heteroatoms. The molecule has 4 N–H and O–H groups in total. The van der Waals surface area contributed by atoms with Crippen LogP contribution in [0.2, 0.25) is 5.02 Å². The summed E-state index contributed by atoms with van der Waals surface area (Å²) in [5, 5.41) is 24.2. The summed E-state index contributed by atoms with van der Waals surface area (Å²) in [5.41, 5.74) is 1.43. The highest BCUT2D eigenvalue weighted by molar-refractivity contribution is 6.31. The summed E-state index contributed by atoms with van der Waals surface area (Å²) < 4.78 is 0. The molecule has 2 bridgehead atoms. The van der Waals surface area contributed by atoms with E-state index in [0.29, 0.717) is 64.8 Å². The average molecular weight is 550 g/mol. The first kappa shape index (κ1) is 27.7. The minimum absolute atomic E-state index is 0.0846. The highest BCUT2D eigenvalue weighted by Gasteiger charge is 2.41. The summed E-state index contributed by atoms with van der Waals surface area (Å²) in [7, 11) is 0. The molecule has 2 aromatic rings. The van der Waals surface area contributed by atoms with Gasteiger partial charge in [-0.3, -0.25) is 4.79 Å². The number of nitriles is 1. The van der Waals surface area contributed by atoms with Crippen molar-refractivity contribution >= 4 is 29.3 Å². The zero-order valence-electron chi connectivity index (χ0n) is 22.8. The molecule has 2 unspecified atom stereocenters. The van der Waals surface area contributed by atoms with Crippen molar-refractivity contribution in [3.63, 3.8) is 0 Å². The molecule has 1 amide bonds. The van der Waals surface area contributed by atoms with Crippen molar-refractivity contribution < 1.29 is 4.79 Å². The Morgan fingerprint density at radius 1 is 1.05 bits per heavy atom. The molecule has 1 aromatic heterocycles. The third kappa shape index (κ3) is 7.20. The largest absolute Gasteiger partial charge is 0.369 e. The van der Waals surface area contributed by atoms with Crippen LogP contribution in [-0.2, 0) is 11.3 Å². The Kier molecular flexibility index (Phi) is 9.21. The lowest BCUT2D eigenvalue weighted by molar-refractivity contribution is -0.119. The molecular weight excluding hydrogens is 510 g/mol. The number of amides is 1. The smallest absolute Gasteiger partial charge is 0.224 e. The van der Waals surface area contributed by atoms with Crippen LogP contribution in [0.25, 0.3) is 0 Å². The maximum atomic E-state index is 11.4. The number of fused-ring (bicyclic) bond motifs is 2. The Labute approximate surface area is 236 Å². The first-order valence-corrected chi connectivity index (χ1v) is 14.9. The summed E-state index contributed by atoms with van der Waals surface area (Å²) in [6.45, 7) is 2.94. The highest BCUT2D eigenvalue weighted by Crippen LogP contribution is 2.43. The number of carbonyl (C=O) groups excluding carboxylic acids is 1. The topological polar surface area (TPSA) is 115 Å². The third-order valence-corrected chi connectivity index (χ3v) is 9.23. The number of hydrogen-bond acceptors (Lipinski definition) is 7. The van der Waals surface area contributed by atoms with E-state index in [4.69, 9.17) is 11.6 Å². The van der Waals surface area contributed by atoms with E-state index in [1.807, 2.05) is 24.3 Å². The van der Waals surface area contributed by atoms with Crippen LogP contribution >= 0.6 is 11.6 Å². The lowest BCUT2D eigenvalue weighted by Gasteiger charge is -2.48. The van der Waals surface area contributed by atoms with Gasteiger partial charge in [0.2, 0.25) is 11.9 Å². The van der Waals surface area contributed by atoms with Crippen LogP contribution in [0, 0.1) is 29.1 Å². The van der Waals surface area contributed by atoms with E-state index in [9.17, 15) is 10.1 Å². The molecule has 0 spiro atoms. The quantitative estimate of drug-likeness (QED) is 0.337. The zero-order valence-corrected chi connectivity index (χ0v) is 23.5. The summed E-state index contributed by atoms with van der Waals surface area (Å²) >= 11 is 6.28. The summed E-state index contributed by atoms with van der Waals surface area (Å²) in [5.74, 6) is 3.12. The van der Waals surface area contributed by atoms with Gasteiger partial charge in [-0.15, -0.1) is 0 Å². The second kappa shape index (κ2) is 13.0. The predicted molar refractivity (Wildman–Crippen MR) is 154 cm³/mol. The van der Waals surface area contributed by atoms with Crippen molar-refractivity contribution in [1.82, 2.24) is 20.6 Å². The Morgan fingerprint density at radius 2 is 1.77 bits per heavy atom. The molecule has 39 heavy (non-hydrogen) atoms. The number of halogens is 1. The second-order valence-corrected chi connectivity index (χ2v) is 12.0. The molecule has 3 fully saturated rings. The predicted octanol–water partition coefficient (Wildman–Crippen LogP) is 5.26. The molecule has 3 saturated carbocycles. The average Bonchev–Trinajstić information content (AvgIpc) is 2.92. The first-order valence-electron chi connectivity index (χ1n) is 14.5. The van der Waals surface area contributed by atoms with Gasteiger partial charge in [0.25, 0.3) is 0 Å². The van der Waals surface area contributed by atoms with Gasteiger partial charge in [0.15, 0.2) is 0 Å². The second-order valence-electron chi connectivity index (χ2n) is 11.6. The van der Waals surface area contributed by atoms with E-state index in [1.165, 1.54) is 32.1 Å². The van der Waals surface area contributed by atoms with Gasteiger partial charge in [-0.05, 0) is 80.8 Å². The molecule has 8 nitrogen and oxygen atoms in total. The molecular formula is C30H40ClN7O. The van der Waals surface area contributed by atoms with E-state index in [2.05, 4.69) is 37.3 Å². The van der Waals surface area contributed by atoms with Crippen molar-refractivity contribution in [2.24, 2.45) is 17.8 Å². The van der Waals surface area contributed by atoms with Crippen LogP contribution in [0.4, 0.5) is 11.8 Å². The number of anilines is 2. The van der Waals surface area contributed by atoms with Crippen LogP contribution in [0.5, 0.6) is 0 Å². The number of nitrogens with zero attached hydrogens (tertiary/aromatic N) is 3. The molecule has 0 saturated heterocycles. The SMILES string of the molecule is CC(=O)NC1CCC(NC2[C@@H]3CCC[C@H]2CC(CNc2nc(NCc4ccccc4Cl)ncc2C#N)C3)CC1. The van der Waals surface area contributed by atoms with Gasteiger partial charge in [0, 0.05) is 43.2 Å². The fourth-order valence-electron chi connectivity index (χ4n) is 7.01. The normalized spacial score (nSPS) is 28.2. The van der Waals surface area contributed by atoms with E-state index in [-0.39, 0.29) is 5.91 Å². The zero-order chi connectivity index (χ0) is 27.2. The molecule has 0 aliphatic heterocycles. The van der Waals surface area contributed by atoms with Gasteiger partial charge in [-0.1, -0.05) is 36.2 Å². The number of benzene rings is 1. The van der Waals surface area contributed by atoms with Gasteiger partial charge >= 0.3 is 0 Å². The third-order valence-electron chi connectivity index (χ3n) is 8.86. The molecule has 1 heterocycles. The number of nitrogens with one attached hydrogen (secondary N) is 4. The minimum atomic E-state index is 0.0846. The fourth-order valence-corrected chi connectivity index (χ4v) is 7.21. The van der Waals surface area contributed by atoms with Gasteiger partial charge in [0.05, 0.1) is 6.20 Å².